The van der Waals surface area contributed by atoms with E-state index in [0.717, 1.165) is 25.3 Å². The van der Waals surface area contributed by atoms with Crippen molar-refractivity contribution in [3.05, 3.63) is 0 Å². The Labute approximate surface area is 121 Å². The van der Waals surface area contributed by atoms with E-state index < -0.39 is 0 Å². The lowest BCUT2D eigenvalue weighted by Gasteiger charge is -2.37. The largest absolute Gasteiger partial charge is 0.342 e. The highest BCUT2D eigenvalue weighted by molar-refractivity contribution is 5.95. The minimum atomic E-state index is -0.219. The van der Waals surface area contributed by atoms with Gasteiger partial charge in [-0.2, -0.15) is 0 Å². The van der Waals surface area contributed by atoms with Crippen molar-refractivity contribution in [1.29, 1.82) is 0 Å². The molecular weight excluding hydrogens is 252 g/mol. The van der Waals surface area contributed by atoms with Crippen LogP contribution in [0.3, 0.4) is 0 Å². The zero-order valence-electron chi connectivity index (χ0n) is 12.4. The summed E-state index contributed by atoms with van der Waals surface area (Å²) in [5.74, 6) is 2.09. The Morgan fingerprint density at radius 3 is 2.30 bits per heavy atom. The van der Waals surface area contributed by atoms with Gasteiger partial charge in [0.1, 0.15) is 6.04 Å². The predicted octanol–water partition coefficient (Wildman–Crippen LogP) is 1.94. The average molecular weight is 278 g/mol. The van der Waals surface area contributed by atoms with Crippen LogP contribution in [0.25, 0.3) is 0 Å². The van der Waals surface area contributed by atoms with Crippen molar-refractivity contribution in [1.82, 2.24) is 10.2 Å². The molecule has 2 amide bonds. The molecule has 0 bridgehead atoms. The van der Waals surface area contributed by atoms with Crippen LogP contribution in [0.15, 0.2) is 0 Å². The Bertz CT molecular complexity index is 384. The molecular formula is C16H26N2O2. The van der Waals surface area contributed by atoms with E-state index in [1.165, 1.54) is 32.1 Å². The first-order valence-electron chi connectivity index (χ1n) is 8.25. The normalized spacial score (nSPS) is 35.0. The summed E-state index contributed by atoms with van der Waals surface area (Å²) < 4.78 is 0. The first-order valence-corrected chi connectivity index (χ1v) is 8.25. The molecule has 4 nitrogen and oxygen atoms in total. The van der Waals surface area contributed by atoms with Crippen LogP contribution in [0.1, 0.15) is 51.9 Å². The van der Waals surface area contributed by atoms with Crippen molar-refractivity contribution >= 4 is 11.8 Å². The second kappa shape index (κ2) is 5.74. The summed E-state index contributed by atoms with van der Waals surface area (Å²) in [4.78, 5) is 26.1. The zero-order chi connectivity index (χ0) is 14.1. The van der Waals surface area contributed by atoms with E-state index in [1.54, 1.807) is 0 Å². The average Bonchev–Trinajstić information content (AvgIpc) is 3.28. The van der Waals surface area contributed by atoms with Crippen LogP contribution in [-0.2, 0) is 9.59 Å². The van der Waals surface area contributed by atoms with Gasteiger partial charge in [0.25, 0.3) is 0 Å². The lowest BCUT2D eigenvalue weighted by molar-refractivity contribution is -0.145. The molecule has 1 saturated heterocycles. The molecule has 0 aromatic rings. The van der Waals surface area contributed by atoms with Gasteiger partial charge < -0.3 is 10.2 Å². The molecule has 0 spiro atoms. The smallest absolute Gasteiger partial charge is 0.245 e. The van der Waals surface area contributed by atoms with Gasteiger partial charge in [-0.15, -0.1) is 0 Å². The monoisotopic (exact) mass is 278 g/mol. The van der Waals surface area contributed by atoms with Gasteiger partial charge in [0.2, 0.25) is 11.8 Å². The summed E-state index contributed by atoms with van der Waals surface area (Å²) in [6, 6.07) is -0.219. The molecule has 4 heteroatoms. The quantitative estimate of drug-likeness (QED) is 0.854. The van der Waals surface area contributed by atoms with Crippen LogP contribution < -0.4 is 5.32 Å². The molecule has 3 rings (SSSR count). The molecule has 2 aliphatic carbocycles. The van der Waals surface area contributed by atoms with Crippen molar-refractivity contribution in [2.75, 3.05) is 13.1 Å². The van der Waals surface area contributed by atoms with Gasteiger partial charge in [-0.3, -0.25) is 9.59 Å². The summed E-state index contributed by atoms with van der Waals surface area (Å²) in [6.07, 6.45) is 8.48. The van der Waals surface area contributed by atoms with Crippen molar-refractivity contribution in [2.45, 2.75) is 57.9 Å². The molecule has 1 N–H and O–H groups in total. The van der Waals surface area contributed by atoms with Gasteiger partial charge in [0, 0.05) is 6.54 Å². The number of nitrogens with zero attached hydrogens (tertiary/aromatic N) is 1. The number of hydrogen-bond donors (Lipinski definition) is 1. The minimum Gasteiger partial charge on any atom is -0.342 e. The molecule has 0 radical (unpaired) electrons. The van der Waals surface area contributed by atoms with Crippen LogP contribution in [0.2, 0.25) is 0 Å². The fraction of sp³-hybridized carbons (Fsp3) is 0.875. The Morgan fingerprint density at radius 2 is 1.70 bits per heavy atom. The molecule has 20 heavy (non-hydrogen) atoms. The molecule has 1 atom stereocenters. The number of hydrogen-bond acceptors (Lipinski definition) is 2. The van der Waals surface area contributed by atoms with Crippen LogP contribution in [0, 0.1) is 17.8 Å². The Balaban J connectivity index is 1.56. The fourth-order valence-corrected chi connectivity index (χ4v) is 3.77. The Hall–Kier alpha value is -1.06. The number of carbonyl (C=O) groups is 2. The molecule has 0 aromatic carbocycles. The van der Waals surface area contributed by atoms with E-state index in [2.05, 4.69) is 12.2 Å². The summed E-state index contributed by atoms with van der Waals surface area (Å²) in [5, 5.41) is 2.88. The zero-order valence-corrected chi connectivity index (χ0v) is 12.4. The maximum atomic E-state index is 12.5. The molecule has 0 aromatic heterocycles. The van der Waals surface area contributed by atoms with Crippen molar-refractivity contribution in [3.63, 3.8) is 0 Å². The Kier molecular flexibility index (Phi) is 3.99. The van der Waals surface area contributed by atoms with Crippen molar-refractivity contribution in [3.8, 4) is 0 Å². The maximum absolute atomic E-state index is 12.5. The molecule has 2 saturated carbocycles. The van der Waals surface area contributed by atoms with E-state index in [-0.39, 0.29) is 24.4 Å². The van der Waals surface area contributed by atoms with Crippen LogP contribution >= 0.6 is 0 Å². The minimum absolute atomic E-state index is 0.0312. The molecule has 112 valence electrons. The Morgan fingerprint density at radius 1 is 1.05 bits per heavy atom. The van der Waals surface area contributed by atoms with E-state index >= 15 is 0 Å². The first kappa shape index (κ1) is 13.9. The van der Waals surface area contributed by atoms with Gasteiger partial charge in [-0.05, 0) is 43.4 Å². The number of rotatable bonds is 4. The topological polar surface area (TPSA) is 49.4 Å². The second-order valence-corrected chi connectivity index (χ2v) is 6.90. The summed E-state index contributed by atoms with van der Waals surface area (Å²) >= 11 is 0. The maximum Gasteiger partial charge on any atom is 0.245 e. The highest BCUT2D eigenvalue weighted by Crippen LogP contribution is 2.35. The van der Waals surface area contributed by atoms with Gasteiger partial charge in [-0.25, -0.2) is 0 Å². The SMILES string of the molecule is CCC1CCC(CN2CC(=O)NC(C3CC3)C2=O)CC1. The number of carbonyl (C=O) groups excluding carboxylic acids is 2. The number of nitrogens with one attached hydrogen (secondary N) is 1. The highest BCUT2D eigenvalue weighted by atomic mass is 16.2. The van der Waals surface area contributed by atoms with Gasteiger partial charge >= 0.3 is 0 Å². The molecule has 1 heterocycles. The molecule has 1 unspecified atom stereocenters. The van der Waals surface area contributed by atoms with Gasteiger partial charge in [0.15, 0.2) is 0 Å². The number of amides is 2. The van der Waals surface area contributed by atoms with Crippen LogP contribution in [0.5, 0.6) is 0 Å². The summed E-state index contributed by atoms with van der Waals surface area (Å²) in [7, 11) is 0. The van der Waals surface area contributed by atoms with E-state index in [0.29, 0.717) is 11.8 Å². The third-order valence-corrected chi connectivity index (χ3v) is 5.34. The van der Waals surface area contributed by atoms with E-state index in [9.17, 15) is 9.59 Å². The van der Waals surface area contributed by atoms with E-state index in [1.807, 2.05) is 4.90 Å². The van der Waals surface area contributed by atoms with Crippen LogP contribution in [-0.4, -0.2) is 35.8 Å². The standard InChI is InChI=1S/C16H26N2O2/c1-2-11-3-5-12(6-4-11)9-18-10-14(19)17-15(16(18)20)13-7-8-13/h11-13,15H,2-10H2,1H3,(H,17,19). The lowest BCUT2D eigenvalue weighted by Crippen LogP contribution is -2.59. The lowest BCUT2D eigenvalue weighted by atomic mass is 9.80. The highest BCUT2D eigenvalue weighted by Gasteiger charge is 2.43. The molecule has 3 fully saturated rings. The second-order valence-electron chi connectivity index (χ2n) is 6.90. The van der Waals surface area contributed by atoms with Crippen molar-refractivity contribution in [2.24, 2.45) is 17.8 Å². The molecule has 1 aliphatic heterocycles. The van der Waals surface area contributed by atoms with Gasteiger partial charge in [-0.1, -0.05) is 26.2 Å². The third kappa shape index (κ3) is 2.99. The summed E-state index contributed by atoms with van der Waals surface area (Å²) in [5.41, 5.74) is 0. The van der Waals surface area contributed by atoms with Crippen LogP contribution in [0.4, 0.5) is 0 Å². The van der Waals surface area contributed by atoms with Crippen molar-refractivity contribution < 1.29 is 9.59 Å². The van der Waals surface area contributed by atoms with Gasteiger partial charge in [0.05, 0.1) is 6.54 Å². The van der Waals surface area contributed by atoms with E-state index in [4.69, 9.17) is 0 Å². The molecule has 3 aliphatic rings. The third-order valence-electron chi connectivity index (χ3n) is 5.34. The first-order chi connectivity index (χ1) is 9.67. The fourth-order valence-electron chi connectivity index (χ4n) is 3.77. The number of piperazine rings is 1. The predicted molar refractivity (Wildman–Crippen MR) is 77.0 cm³/mol. The summed E-state index contributed by atoms with van der Waals surface area (Å²) in [6.45, 7) is 3.34.